The van der Waals surface area contributed by atoms with Gasteiger partial charge in [-0.2, -0.15) is 12.7 Å². The maximum atomic E-state index is 11.4. The van der Waals surface area contributed by atoms with Crippen molar-refractivity contribution in [3.63, 3.8) is 0 Å². The minimum atomic E-state index is -3.26. The number of nitrogens with zero attached hydrogens (tertiary/aromatic N) is 1. The summed E-state index contributed by atoms with van der Waals surface area (Å²) in [5.41, 5.74) is 1.29. The van der Waals surface area contributed by atoms with Gasteiger partial charge in [0.15, 0.2) is 0 Å². The van der Waals surface area contributed by atoms with Crippen molar-refractivity contribution in [3.8, 4) is 0 Å². The van der Waals surface area contributed by atoms with Gasteiger partial charge in [-0.05, 0) is 24.8 Å². The zero-order chi connectivity index (χ0) is 12.7. The van der Waals surface area contributed by atoms with Crippen LogP contribution < -0.4 is 4.72 Å². The Morgan fingerprint density at radius 3 is 2.35 bits per heavy atom. The molecule has 0 fully saturated rings. The van der Waals surface area contributed by atoms with E-state index in [1.54, 1.807) is 0 Å². The molecule has 1 aromatic rings. The molecule has 0 unspecified atom stereocenters. The maximum absolute atomic E-state index is 11.4. The van der Waals surface area contributed by atoms with Crippen LogP contribution in [0.15, 0.2) is 30.3 Å². The summed E-state index contributed by atoms with van der Waals surface area (Å²) in [6.45, 7) is 0.493. The van der Waals surface area contributed by atoms with Crippen LogP contribution in [0.5, 0.6) is 0 Å². The largest absolute Gasteiger partial charge is 0.278 e. The fourth-order valence-electron chi connectivity index (χ4n) is 1.43. The van der Waals surface area contributed by atoms with E-state index in [0.29, 0.717) is 6.54 Å². The van der Waals surface area contributed by atoms with Gasteiger partial charge in [0.25, 0.3) is 10.2 Å². The molecule has 0 saturated heterocycles. The molecule has 0 aliphatic heterocycles. The van der Waals surface area contributed by atoms with Gasteiger partial charge in [-0.15, -0.1) is 0 Å². The van der Waals surface area contributed by atoms with Crippen LogP contribution >= 0.6 is 0 Å². The number of aryl methyl sites for hydroxylation is 1. The Hall–Kier alpha value is -0.910. The molecule has 1 aromatic carbocycles. The van der Waals surface area contributed by atoms with E-state index in [0.717, 1.165) is 19.3 Å². The first-order chi connectivity index (χ1) is 8.02. The third-order valence-corrected chi connectivity index (χ3v) is 4.03. The van der Waals surface area contributed by atoms with Crippen LogP contribution in [0.25, 0.3) is 0 Å². The number of rotatable bonds is 7. The van der Waals surface area contributed by atoms with E-state index in [2.05, 4.69) is 16.9 Å². The average molecular weight is 256 g/mol. The maximum Gasteiger partial charge on any atom is 0.278 e. The molecule has 0 amide bonds. The third kappa shape index (κ3) is 5.30. The molecule has 0 saturated carbocycles. The SMILES string of the molecule is CN(C)S(=O)(=O)NCCCCc1ccccc1. The van der Waals surface area contributed by atoms with Crippen molar-refractivity contribution in [2.45, 2.75) is 19.3 Å². The molecule has 4 nitrogen and oxygen atoms in total. The van der Waals surface area contributed by atoms with Crippen LogP contribution in [-0.4, -0.2) is 33.4 Å². The highest BCUT2D eigenvalue weighted by atomic mass is 32.2. The Bertz CT molecular complexity index is 415. The van der Waals surface area contributed by atoms with E-state index in [9.17, 15) is 8.42 Å². The Morgan fingerprint density at radius 1 is 1.12 bits per heavy atom. The highest BCUT2D eigenvalue weighted by molar-refractivity contribution is 7.87. The van der Waals surface area contributed by atoms with Gasteiger partial charge in [0, 0.05) is 20.6 Å². The van der Waals surface area contributed by atoms with Gasteiger partial charge in [0.05, 0.1) is 0 Å². The summed E-state index contributed by atoms with van der Waals surface area (Å²) in [7, 11) is -0.220. The minimum absolute atomic E-state index is 0.493. The summed E-state index contributed by atoms with van der Waals surface area (Å²) >= 11 is 0. The zero-order valence-electron chi connectivity index (χ0n) is 10.4. The second kappa shape index (κ2) is 6.74. The lowest BCUT2D eigenvalue weighted by Crippen LogP contribution is -2.36. The lowest BCUT2D eigenvalue weighted by atomic mass is 10.1. The minimum Gasteiger partial charge on any atom is -0.202 e. The summed E-state index contributed by atoms with van der Waals surface area (Å²) in [6.07, 6.45) is 2.83. The van der Waals surface area contributed by atoms with Gasteiger partial charge < -0.3 is 0 Å². The van der Waals surface area contributed by atoms with Crippen LogP contribution in [-0.2, 0) is 16.6 Å². The van der Waals surface area contributed by atoms with Crippen molar-refractivity contribution in [2.24, 2.45) is 0 Å². The van der Waals surface area contributed by atoms with E-state index in [-0.39, 0.29) is 0 Å². The third-order valence-electron chi connectivity index (χ3n) is 2.50. The van der Waals surface area contributed by atoms with Crippen LogP contribution in [0.1, 0.15) is 18.4 Å². The zero-order valence-corrected chi connectivity index (χ0v) is 11.2. The van der Waals surface area contributed by atoms with E-state index in [1.165, 1.54) is 24.0 Å². The smallest absolute Gasteiger partial charge is 0.202 e. The molecular formula is C12H20N2O2S. The number of nitrogens with one attached hydrogen (secondary N) is 1. The fourth-order valence-corrected chi connectivity index (χ4v) is 2.09. The number of hydrogen-bond donors (Lipinski definition) is 1. The van der Waals surface area contributed by atoms with Gasteiger partial charge >= 0.3 is 0 Å². The number of hydrogen-bond acceptors (Lipinski definition) is 2. The second-order valence-corrected chi connectivity index (χ2v) is 6.09. The molecule has 0 heterocycles. The molecule has 0 aliphatic rings. The molecule has 96 valence electrons. The van der Waals surface area contributed by atoms with Crippen LogP contribution in [0.4, 0.5) is 0 Å². The Kier molecular flexibility index (Phi) is 5.61. The molecule has 0 spiro atoms. The summed E-state index contributed by atoms with van der Waals surface area (Å²) in [4.78, 5) is 0. The lowest BCUT2D eigenvalue weighted by molar-refractivity contribution is 0.503. The number of benzene rings is 1. The molecule has 1 N–H and O–H groups in total. The molecule has 1 rings (SSSR count). The first-order valence-electron chi connectivity index (χ1n) is 5.73. The molecule has 17 heavy (non-hydrogen) atoms. The Balaban J connectivity index is 2.18. The predicted molar refractivity (Wildman–Crippen MR) is 70.0 cm³/mol. The Labute approximate surface area is 104 Å². The van der Waals surface area contributed by atoms with Crippen molar-refractivity contribution in [1.82, 2.24) is 9.03 Å². The summed E-state index contributed by atoms with van der Waals surface area (Å²) in [6, 6.07) is 10.2. The monoisotopic (exact) mass is 256 g/mol. The van der Waals surface area contributed by atoms with E-state index in [1.807, 2.05) is 18.2 Å². The van der Waals surface area contributed by atoms with Gasteiger partial charge in [-0.1, -0.05) is 30.3 Å². The van der Waals surface area contributed by atoms with Crippen molar-refractivity contribution in [2.75, 3.05) is 20.6 Å². The molecule has 0 radical (unpaired) electrons. The van der Waals surface area contributed by atoms with Gasteiger partial charge in [0.1, 0.15) is 0 Å². The van der Waals surface area contributed by atoms with Crippen molar-refractivity contribution in [1.29, 1.82) is 0 Å². The fraction of sp³-hybridized carbons (Fsp3) is 0.500. The van der Waals surface area contributed by atoms with E-state index in [4.69, 9.17) is 0 Å². The highest BCUT2D eigenvalue weighted by Crippen LogP contribution is 2.04. The molecule has 5 heteroatoms. The second-order valence-electron chi connectivity index (χ2n) is 4.12. The van der Waals surface area contributed by atoms with Gasteiger partial charge in [-0.25, -0.2) is 4.72 Å². The molecular weight excluding hydrogens is 236 g/mol. The van der Waals surface area contributed by atoms with Crippen LogP contribution in [0.2, 0.25) is 0 Å². The van der Waals surface area contributed by atoms with Gasteiger partial charge in [0.2, 0.25) is 0 Å². The van der Waals surface area contributed by atoms with Crippen LogP contribution in [0, 0.1) is 0 Å². The van der Waals surface area contributed by atoms with Gasteiger partial charge in [-0.3, -0.25) is 0 Å². The van der Waals surface area contributed by atoms with Crippen molar-refractivity contribution >= 4 is 10.2 Å². The van der Waals surface area contributed by atoms with Crippen LogP contribution in [0.3, 0.4) is 0 Å². The van der Waals surface area contributed by atoms with E-state index >= 15 is 0 Å². The standard InChI is InChI=1S/C12H20N2O2S/c1-14(2)17(15,16)13-11-7-6-10-12-8-4-3-5-9-12/h3-5,8-9,13H,6-7,10-11H2,1-2H3. The first kappa shape index (κ1) is 14.2. The molecule has 0 atom stereocenters. The predicted octanol–water partition coefficient (Wildman–Crippen LogP) is 1.41. The summed E-state index contributed by atoms with van der Waals surface area (Å²) in [5, 5.41) is 0. The Morgan fingerprint density at radius 2 is 1.76 bits per heavy atom. The van der Waals surface area contributed by atoms with Crippen molar-refractivity contribution in [3.05, 3.63) is 35.9 Å². The summed E-state index contributed by atoms with van der Waals surface area (Å²) < 4.78 is 26.5. The van der Waals surface area contributed by atoms with E-state index < -0.39 is 10.2 Å². The molecule has 0 bridgehead atoms. The quantitative estimate of drug-likeness (QED) is 0.750. The molecule has 0 aliphatic carbocycles. The normalized spacial score (nSPS) is 11.9. The average Bonchev–Trinajstić information content (AvgIpc) is 2.29. The summed E-state index contributed by atoms with van der Waals surface area (Å²) in [5.74, 6) is 0. The first-order valence-corrected chi connectivity index (χ1v) is 7.17. The highest BCUT2D eigenvalue weighted by Gasteiger charge is 2.10. The topological polar surface area (TPSA) is 49.4 Å². The number of unbranched alkanes of at least 4 members (excludes halogenated alkanes) is 1. The lowest BCUT2D eigenvalue weighted by Gasteiger charge is -2.11. The van der Waals surface area contributed by atoms with Crippen molar-refractivity contribution < 1.29 is 8.42 Å². The molecule has 0 aromatic heterocycles.